The van der Waals surface area contributed by atoms with E-state index in [1.807, 2.05) is 18.2 Å². The fourth-order valence-electron chi connectivity index (χ4n) is 2.72. The Morgan fingerprint density at radius 2 is 2.04 bits per heavy atom. The SMILES string of the molecule is COc1ccccc1CN(CCN1CCOCC1)C(=S)NC(C)C. The van der Waals surface area contributed by atoms with Crippen LogP contribution in [0.15, 0.2) is 24.3 Å². The lowest BCUT2D eigenvalue weighted by Gasteiger charge is -2.32. The standard InChI is InChI=1S/C18H29N3O2S/c1-15(2)19-18(24)21(9-8-20-10-12-23-13-11-20)14-16-6-4-5-7-17(16)22-3/h4-7,15H,8-14H2,1-3H3,(H,19,24). The molecule has 134 valence electrons. The quantitative estimate of drug-likeness (QED) is 0.759. The van der Waals surface area contributed by atoms with Crippen molar-refractivity contribution >= 4 is 17.3 Å². The molecular weight excluding hydrogens is 322 g/mol. The molecule has 1 aromatic rings. The summed E-state index contributed by atoms with van der Waals surface area (Å²) < 4.78 is 10.9. The van der Waals surface area contributed by atoms with E-state index in [0.29, 0.717) is 6.04 Å². The first-order valence-corrected chi connectivity index (χ1v) is 8.98. The van der Waals surface area contributed by atoms with Crippen molar-refractivity contribution in [2.45, 2.75) is 26.4 Å². The Morgan fingerprint density at radius 3 is 2.71 bits per heavy atom. The lowest BCUT2D eigenvalue weighted by molar-refractivity contribution is 0.0357. The van der Waals surface area contributed by atoms with Gasteiger partial charge in [-0.2, -0.15) is 0 Å². The Bertz CT molecular complexity index is 519. The number of para-hydroxylation sites is 1. The molecule has 0 aliphatic carbocycles. The zero-order valence-corrected chi connectivity index (χ0v) is 15.8. The van der Waals surface area contributed by atoms with Gasteiger partial charge in [-0.3, -0.25) is 4.90 Å². The van der Waals surface area contributed by atoms with Gasteiger partial charge in [0.05, 0.1) is 20.3 Å². The molecule has 0 spiro atoms. The minimum absolute atomic E-state index is 0.320. The molecule has 1 aliphatic heterocycles. The Balaban J connectivity index is 2.02. The molecule has 0 unspecified atom stereocenters. The van der Waals surface area contributed by atoms with E-state index in [1.165, 1.54) is 0 Å². The third-order valence-electron chi connectivity index (χ3n) is 4.04. The van der Waals surface area contributed by atoms with Crippen LogP contribution in [0.25, 0.3) is 0 Å². The topological polar surface area (TPSA) is 37.0 Å². The molecule has 0 saturated carbocycles. The molecule has 0 aromatic heterocycles. The van der Waals surface area contributed by atoms with Gasteiger partial charge in [0.15, 0.2) is 5.11 Å². The summed E-state index contributed by atoms with van der Waals surface area (Å²) in [6, 6.07) is 8.44. The third-order valence-corrected chi connectivity index (χ3v) is 4.42. The molecule has 1 fully saturated rings. The van der Waals surface area contributed by atoms with Crippen molar-refractivity contribution in [2.75, 3.05) is 46.5 Å². The van der Waals surface area contributed by atoms with Gasteiger partial charge in [-0.1, -0.05) is 18.2 Å². The van der Waals surface area contributed by atoms with Crippen molar-refractivity contribution in [2.24, 2.45) is 0 Å². The highest BCUT2D eigenvalue weighted by atomic mass is 32.1. The Kier molecular flexibility index (Phi) is 7.75. The van der Waals surface area contributed by atoms with E-state index < -0.39 is 0 Å². The number of rotatable bonds is 7. The summed E-state index contributed by atoms with van der Waals surface area (Å²) in [5.41, 5.74) is 1.15. The van der Waals surface area contributed by atoms with Gasteiger partial charge in [-0.25, -0.2) is 0 Å². The highest BCUT2D eigenvalue weighted by Crippen LogP contribution is 2.19. The minimum Gasteiger partial charge on any atom is -0.496 e. The van der Waals surface area contributed by atoms with Crippen LogP contribution in [0.4, 0.5) is 0 Å². The Labute approximate surface area is 150 Å². The van der Waals surface area contributed by atoms with Crippen LogP contribution < -0.4 is 10.1 Å². The number of benzene rings is 1. The third kappa shape index (κ3) is 5.92. The van der Waals surface area contributed by atoms with Gasteiger partial charge in [0.25, 0.3) is 0 Å². The lowest BCUT2D eigenvalue weighted by atomic mass is 10.2. The van der Waals surface area contributed by atoms with E-state index in [0.717, 1.165) is 62.4 Å². The van der Waals surface area contributed by atoms with E-state index in [-0.39, 0.29) is 0 Å². The predicted molar refractivity (Wildman–Crippen MR) is 102 cm³/mol. The van der Waals surface area contributed by atoms with Crippen molar-refractivity contribution in [1.82, 2.24) is 15.1 Å². The fraction of sp³-hybridized carbons (Fsp3) is 0.611. The number of ether oxygens (including phenoxy) is 2. The Hall–Kier alpha value is -1.37. The maximum absolute atomic E-state index is 5.63. The highest BCUT2D eigenvalue weighted by Gasteiger charge is 2.16. The molecular formula is C18H29N3O2S. The zero-order chi connectivity index (χ0) is 17.4. The molecule has 1 aromatic carbocycles. The monoisotopic (exact) mass is 351 g/mol. The summed E-state index contributed by atoms with van der Waals surface area (Å²) in [4.78, 5) is 4.65. The van der Waals surface area contributed by atoms with Gasteiger partial charge in [-0.15, -0.1) is 0 Å². The van der Waals surface area contributed by atoms with Crippen molar-refractivity contribution in [1.29, 1.82) is 0 Å². The van der Waals surface area contributed by atoms with Crippen LogP contribution in [0.3, 0.4) is 0 Å². The van der Waals surface area contributed by atoms with E-state index in [1.54, 1.807) is 7.11 Å². The van der Waals surface area contributed by atoms with Crippen LogP contribution in [0.1, 0.15) is 19.4 Å². The second-order valence-corrected chi connectivity index (χ2v) is 6.68. The Morgan fingerprint density at radius 1 is 1.33 bits per heavy atom. The molecule has 1 N–H and O–H groups in total. The number of methoxy groups -OCH3 is 1. The van der Waals surface area contributed by atoms with Crippen LogP contribution in [0.2, 0.25) is 0 Å². The highest BCUT2D eigenvalue weighted by molar-refractivity contribution is 7.80. The van der Waals surface area contributed by atoms with Crippen molar-refractivity contribution < 1.29 is 9.47 Å². The van der Waals surface area contributed by atoms with Gasteiger partial charge in [0.2, 0.25) is 0 Å². The van der Waals surface area contributed by atoms with E-state index >= 15 is 0 Å². The van der Waals surface area contributed by atoms with Crippen LogP contribution in [-0.2, 0) is 11.3 Å². The average Bonchev–Trinajstić information content (AvgIpc) is 2.59. The first kappa shape index (κ1) is 19.0. The number of hydrogen-bond acceptors (Lipinski definition) is 4. The summed E-state index contributed by atoms with van der Waals surface area (Å²) >= 11 is 5.63. The van der Waals surface area contributed by atoms with E-state index in [4.69, 9.17) is 21.7 Å². The van der Waals surface area contributed by atoms with E-state index in [2.05, 4.69) is 35.0 Å². The molecule has 1 saturated heterocycles. The largest absolute Gasteiger partial charge is 0.496 e. The fourth-order valence-corrected chi connectivity index (χ4v) is 3.11. The van der Waals surface area contributed by atoms with Gasteiger partial charge < -0.3 is 19.7 Å². The molecule has 2 rings (SSSR count). The van der Waals surface area contributed by atoms with Gasteiger partial charge >= 0.3 is 0 Å². The zero-order valence-electron chi connectivity index (χ0n) is 15.0. The van der Waals surface area contributed by atoms with Crippen LogP contribution in [-0.4, -0.2) is 67.5 Å². The first-order chi connectivity index (χ1) is 11.6. The average molecular weight is 352 g/mol. The summed E-state index contributed by atoms with van der Waals surface area (Å²) in [6.07, 6.45) is 0. The van der Waals surface area contributed by atoms with E-state index in [9.17, 15) is 0 Å². The maximum Gasteiger partial charge on any atom is 0.169 e. The second-order valence-electron chi connectivity index (χ2n) is 6.29. The smallest absolute Gasteiger partial charge is 0.169 e. The van der Waals surface area contributed by atoms with Gasteiger partial charge in [0, 0.05) is 44.3 Å². The number of nitrogens with one attached hydrogen (secondary N) is 1. The van der Waals surface area contributed by atoms with Gasteiger partial charge in [-0.05, 0) is 32.1 Å². The first-order valence-electron chi connectivity index (χ1n) is 8.57. The molecule has 6 heteroatoms. The summed E-state index contributed by atoms with van der Waals surface area (Å²) in [5, 5.41) is 4.16. The summed E-state index contributed by atoms with van der Waals surface area (Å²) in [6.45, 7) is 10.5. The molecule has 5 nitrogen and oxygen atoms in total. The summed E-state index contributed by atoms with van der Waals surface area (Å²) in [7, 11) is 1.71. The molecule has 0 atom stereocenters. The maximum atomic E-state index is 5.63. The number of nitrogens with zero attached hydrogens (tertiary/aromatic N) is 2. The number of hydrogen-bond donors (Lipinski definition) is 1. The normalized spacial score (nSPS) is 15.3. The predicted octanol–water partition coefficient (Wildman–Crippen LogP) is 2.11. The minimum atomic E-state index is 0.320. The van der Waals surface area contributed by atoms with Crippen LogP contribution >= 0.6 is 12.2 Å². The number of thiocarbonyl (C=S) groups is 1. The number of morpholine rings is 1. The van der Waals surface area contributed by atoms with Crippen molar-refractivity contribution in [3.8, 4) is 5.75 Å². The molecule has 1 heterocycles. The second kappa shape index (κ2) is 9.81. The molecule has 0 bridgehead atoms. The molecule has 1 aliphatic rings. The molecule has 0 amide bonds. The van der Waals surface area contributed by atoms with Crippen LogP contribution in [0, 0.1) is 0 Å². The van der Waals surface area contributed by atoms with Gasteiger partial charge in [0.1, 0.15) is 5.75 Å². The van der Waals surface area contributed by atoms with Crippen molar-refractivity contribution in [3.63, 3.8) is 0 Å². The summed E-state index contributed by atoms with van der Waals surface area (Å²) in [5.74, 6) is 0.904. The van der Waals surface area contributed by atoms with Crippen LogP contribution in [0.5, 0.6) is 5.75 Å². The lowest BCUT2D eigenvalue weighted by Crippen LogP contribution is -2.47. The molecule has 0 radical (unpaired) electrons. The molecule has 24 heavy (non-hydrogen) atoms. The van der Waals surface area contributed by atoms with Crippen molar-refractivity contribution in [3.05, 3.63) is 29.8 Å².